The number of dihydropyridines is 1. The van der Waals surface area contributed by atoms with E-state index >= 15 is 0 Å². The van der Waals surface area contributed by atoms with E-state index in [2.05, 4.69) is 38.7 Å². The van der Waals surface area contributed by atoms with Crippen molar-refractivity contribution in [3.05, 3.63) is 82.6 Å². The van der Waals surface area contributed by atoms with Gasteiger partial charge in [-0.2, -0.15) is 0 Å². The third-order valence-corrected chi connectivity index (χ3v) is 8.75. The van der Waals surface area contributed by atoms with Crippen LogP contribution in [0.3, 0.4) is 0 Å². The summed E-state index contributed by atoms with van der Waals surface area (Å²) in [5.74, 6) is -0.469. The second-order valence-corrected chi connectivity index (χ2v) is 12.3. The topological polar surface area (TPSA) is 112 Å². The molecule has 4 atom stereocenters. The third kappa shape index (κ3) is 7.45. The SMILES string of the molecule is CC.CCC(C)(O)C(=O)NC(C1=CC2=CC=CNC2C(N2CCN(C(=O)OC(C)C)CC2)c2ccc(Cl)cc21)c1cncn1C. The molecule has 3 N–H and O–H groups in total. The van der Waals surface area contributed by atoms with Crippen LogP contribution < -0.4 is 10.6 Å². The summed E-state index contributed by atoms with van der Waals surface area (Å²) in [5.41, 5.74) is 3.06. The highest BCUT2D eigenvalue weighted by Gasteiger charge is 2.40. The minimum absolute atomic E-state index is 0.0953. The number of fused-ring (bicyclic) bond motifs is 2. The summed E-state index contributed by atoms with van der Waals surface area (Å²) in [6.07, 6.45) is 11.4. The Morgan fingerprint density at radius 1 is 1.22 bits per heavy atom. The Morgan fingerprint density at radius 2 is 1.93 bits per heavy atom. The molecule has 4 unspecified atom stereocenters. The largest absolute Gasteiger partial charge is 0.447 e. The van der Waals surface area contributed by atoms with Crippen molar-refractivity contribution in [2.45, 2.75) is 77.8 Å². The van der Waals surface area contributed by atoms with Gasteiger partial charge in [0.05, 0.1) is 42.4 Å². The Hall–Kier alpha value is -3.60. The molecule has 1 saturated heterocycles. The number of carbonyl (C=O) groups excluding carboxylic acids is 2. The van der Waals surface area contributed by atoms with E-state index < -0.39 is 17.6 Å². The van der Waals surface area contributed by atoms with Crippen molar-refractivity contribution in [3.8, 4) is 0 Å². The van der Waals surface area contributed by atoms with Gasteiger partial charge < -0.3 is 29.9 Å². The van der Waals surface area contributed by atoms with Gasteiger partial charge in [0.25, 0.3) is 5.91 Å². The molecule has 2 aromatic rings. The van der Waals surface area contributed by atoms with E-state index in [1.54, 1.807) is 24.3 Å². The molecule has 1 fully saturated rings. The Bertz CT molecular complexity index is 1450. The number of hydrogen-bond acceptors (Lipinski definition) is 7. The van der Waals surface area contributed by atoms with Gasteiger partial charge in [-0.15, -0.1) is 0 Å². The number of piperazine rings is 1. The summed E-state index contributed by atoms with van der Waals surface area (Å²) in [6, 6.07) is 5.09. The van der Waals surface area contributed by atoms with Crippen molar-refractivity contribution in [3.63, 3.8) is 0 Å². The molecule has 1 aliphatic carbocycles. The number of allylic oxidation sites excluding steroid dienone is 2. The third-order valence-electron chi connectivity index (χ3n) is 8.52. The van der Waals surface area contributed by atoms with Crippen molar-refractivity contribution in [2.75, 3.05) is 26.2 Å². The number of aliphatic hydroxyl groups is 1. The zero-order chi connectivity index (χ0) is 32.9. The molecule has 0 spiro atoms. The maximum Gasteiger partial charge on any atom is 0.410 e. The zero-order valence-corrected chi connectivity index (χ0v) is 28.1. The standard InChI is InChI=1S/C32H41ClN6O4.C2H6/c1-6-32(4,42)30(40)36-28(26-18-34-19-37(26)5)25-16-21-8-7-11-35-27(21)29(23-10-9-22(33)17-24(23)25)38-12-14-39(15-13-38)31(41)43-20(2)3;1-2/h7-11,16-20,27-29,35,42H,6,12-15H2,1-5H3,(H,36,40);1-2H3. The normalized spacial score (nSPS) is 21.4. The van der Waals surface area contributed by atoms with Gasteiger partial charge in [-0.3, -0.25) is 9.69 Å². The molecule has 3 heterocycles. The van der Waals surface area contributed by atoms with E-state index in [0.717, 1.165) is 28.0 Å². The van der Waals surface area contributed by atoms with Gasteiger partial charge in [0.1, 0.15) is 5.60 Å². The number of amides is 2. The first-order chi connectivity index (χ1) is 21.5. The summed E-state index contributed by atoms with van der Waals surface area (Å²) in [6.45, 7) is 13.4. The van der Waals surface area contributed by atoms with Crippen LogP contribution in [-0.2, 0) is 16.6 Å². The summed E-state index contributed by atoms with van der Waals surface area (Å²) in [7, 11) is 1.88. The van der Waals surface area contributed by atoms with Crippen molar-refractivity contribution >= 4 is 29.2 Å². The molecule has 0 bridgehead atoms. The summed E-state index contributed by atoms with van der Waals surface area (Å²) in [4.78, 5) is 34.6. The van der Waals surface area contributed by atoms with Crippen LogP contribution in [0.5, 0.6) is 0 Å². The van der Waals surface area contributed by atoms with Crippen LogP contribution in [0.4, 0.5) is 4.79 Å². The number of ether oxygens (including phenoxy) is 1. The monoisotopic (exact) mass is 638 g/mol. The zero-order valence-electron chi connectivity index (χ0n) is 27.4. The van der Waals surface area contributed by atoms with Gasteiger partial charge >= 0.3 is 6.09 Å². The van der Waals surface area contributed by atoms with Crippen molar-refractivity contribution in [1.29, 1.82) is 0 Å². The smallest absolute Gasteiger partial charge is 0.410 e. The maximum absolute atomic E-state index is 13.4. The van der Waals surface area contributed by atoms with Crippen molar-refractivity contribution < 1.29 is 19.4 Å². The average molecular weight is 639 g/mol. The van der Waals surface area contributed by atoms with Gasteiger partial charge in [-0.05, 0) is 73.9 Å². The summed E-state index contributed by atoms with van der Waals surface area (Å²) >= 11 is 6.65. The molecular weight excluding hydrogens is 592 g/mol. The number of halogens is 1. The van der Waals surface area contributed by atoms with Crippen LogP contribution >= 0.6 is 11.6 Å². The highest BCUT2D eigenvalue weighted by molar-refractivity contribution is 6.30. The van der Waals surface area contributed by atoms with Crippen LogP contribution in [0.1, 0.15) is 76.9 Å². The lowest BCUT2D eigenvalue weighted by Gasteiger charge is -2.43. The number of nitrogens with one attached hydrogen (secondary N) is 2. The van der Waals surface area contributed by atoms with Crippen LogP contribution in [0.15, 0.2) is 60.7 Å². The van der Waals surface area contributed by atoms with Gasteiger partial charge in [0.2, 0.25) is 0 Å². The van der Waals surface area contributed by atoms with E-state index in [9.17, 15) is 14.7 Å². The van der Waals surface area contributed by atoms with E-state index in [1.165, 1.54) is 6.92 Å². The lowest BCUT2D eigenvalue weighted by Crippen LogP contribution is -2.53. The van der Waals surface area contributed by atoms with Crippen LogP contribution in [0.2, 0.25) is 5.02 Å². The van der Waals surface area contributed by atoms with E-state index in [4.69, 9.17) is 16.3 Å². The van der Waals surface area contributed by atoms with Crippen molar-refractivity contribution in [2.24, 2.45) is 7.05 Å². The molecule has 244 valence electrons. The number of benzene rings is 1. The number of imidazole rings is 1. The molecular formula is C34H47ClN6O4. The van der Waals surface area contributed by atoms with Crippen LogP contribution in [0, 0.1) is 0 Å². The second kappa shape index (κ2) is 14.7. The van der Waals surface area contributed by atoms with Gasteiger partial charge in [-0.1, -0.05) is 50.6 Å². The van der Waals surface area contributed by atoms with E-state index in [-0.39, 0.29) is 30.7 Å². The molecule has 0 radical (unpaired) electrons. The number of aromatic nitrogens is 2. The first-order valence-electron chi connectivity index (χ1n) is 15.8. The average Bonchev–Trinajstić information content (AvgIpc) is 3.40. The predicted octanol–water partition coefficient (Wildman–Crippen LogP) is 5.13. The number of carbonyl (C=O) groups is 2. The van der Waals surface area contributed by atoms with Gasteiger partial charge in [0, 0.05) is 38.2 Å². The number of rotatable bonds is 7. The molecule has 5 rings (SSSR count). The fourth-order valence-electron chi connectivity index (χ4n) is 5.91. The highest BCUT2D eigenvalue weighted by atomic mass is 35.5. The Kier molecular flexibility index (Phi) is 11.2. The molecule has 11 heteroatoms. The molecule has 1 aromatic carbocycles. The fourth-order valence-corrected chi connectivity index (χ4v) is 6.08. The number of aryl methyl sites for hydroxylation is 1. The first kappa shape index (κ1) is 34.3. The lowest BCUT2D eigenvalue weighted by atomic mass is 9.88. The van der Waals surface area contributed by atoms with Gasteiger partial charge in [-0.25, -0.2) is 9.78 Å². The Balaban J connectivity index is 0.00000226. The molecule has 3 aliphatic rings. The number of hydrogen-bond donors (Lipinski definition) is 3. The van der Waals surface area contributed by atoms with E-state index in [0.29, 0.717) is 31.2 Å². The molecule has 45 heavy (non-hydrogen) atoms. The second-order valence-electron chi connectivity index (χ2n) is 11.9. The molecule has 2 amide bonds. The quantitative estimate of drug-likeness (QED) is 0.386. The van der Waals surface area contributed by atoms with Crippen molar-refractivity contribution in [1.82, 2.24) is 30.0 Å². The Morgan fingerprint density at radius 3 is 2.56 bits per heavy atom. The predicted molar refractivity (Wildman–Crippen MR) is 177 cm³/mol. The first-order valence-corrected chi connectivity index (χ1v) is 16.2. The Labute approximate surface area is 271 Å². The van der Waals surface area contributed by atoms with Crippen LogP contribution in [-0.4, -0.2) is 80.4 Å². The van der Waals surface area contributed by atoms with Crippen LogP contribution in [0.25, 0.3) is 5.57 Å². The minimum Gasteiger partial charge on any atom is -0.447 e. The molecule has 1 aromatic heterocycles. The molecule has 2 aliphatic heterocycles. The number of nitrogens with zero attached hydrogens (tertiary/aromatic N) is 4. The highest BCUT2D eigenvalue weighted by Crippen LogP contribution is 2.44. The summed E-state index contributed by atoms with van der Waals surface area (Å²) < 4.78 is 7.32. The lowest BCUT2D eigenvalue weighted by molar-refractivity contribution is -0.138. The van der Waals surface area contributed by atoms with Gasteiger partial charge in [0.15, 0.2) is 0 Å². The maximum atomic E-state index is 13.4. The molecule has 0 saturated carbocycles. The summed E-state index contributed by atoms with van der Waals surface area (Å²) in [5, 5.41) is 18.2. The fraction of sp³-hybridized carbons (Fsp3) is 0.500. The van der Waals surface area contributed by atoms with E-state index in [1.807, 2.05) is 63.7 Å². The molecule has 10 nitrogen and oxygen atoms in total. The minimum atomic E-state index is -1.55.